The molecule has 3 heterocycles. The van der Waals surface area contributed by atoms with Crippen LogP contribution in [0.3, 0.4) is 0 Å². The molecule has 2 saturated carbocycles. The Hall–Kier alpha value is -3.50. The van der Waals surface area contributed by atoms with Gasteiger partial charge in [0, 0.05) is 42.4 Å². The van der Waals surface area contributed by atoms with Crippen LogP contribution in [0.4, 0.5) is 5.95 Å². The maximum absolute atomic E-state index is 14.1. The summed E-state index contributed by atoms with van der Waals surface area (Å²) in [4.78, 5) is 28.0. The van der Waals surface area contributed by atoms with Crippen LogP contribution in [0.2, 0.25) is 0 Å². The van der Waals surface area contributed by atoms with Crippen LogP contribution in [0.25, 0.3) is 11.3 Å². The van der Waals surface area contributed by atoms with Crippen LogP contribution in [0.15, 0.2) is 53.4 Å². The molecule has 47 heavy (non-hydrogen) atoms. The second-order valence-corrected chi connectivity index (χ2v) is 16.5. The van der Waals surface area contributed by atoms with Crippen LogP contribution in [0, 0.1) is 25.2 Å². The Kier molecular flexibility index (Phi) is 8.53. The highest BCUT2D eigenvalue weighted by atomic mass is 32.2. The molecule has 2 aromatic carbocycles. The monoisotopic (exact) mass is 657 g/mol. The standard InChI is InChI=1S/C37H47N5O4S/c1-24(2)18-31-32-23-41(16-17-42(31)28-21-37(22-28)14-6-5-7-15-37)35(43)27-12-9-13-29(19-27)47(44,45)40-36-38-30(20-33(39-36)46-32)34-25(3)10-8-11-26(34)4/h8-13,19-20,24,28,31-32H,5-7,14-18,21-23H2,1-4H3,(H,38,39,40)/t31-,32+/m1/s1. The number of benzene rings is 2. The maximum atomic E-state index is 14.1. The van der Waals surface area contributed by atoms with Crippen molar-refractivity contribution in [3.8, 4) is 17.1 Å². The van der Waals surface area contributed by atoms with Crippen molar-refractivity contribution in [1.29, 1.82) is 0 Å². The minimum atomic E-state index is -4.10. The summed E-state index contributed by atoms with van der Waals surface area (Å²) in [6, 6.07) is 14.7. The van der Waals surface area contributed by atoms with E-state index in [9.17, 15) is 13.2 Å². The second kappa shape index (κ2) is 12.5. The van der Waals surface area contributed by atoms with Crippen LogP contribution in [-0.2, 0) is 10.0 Å². The molecule has 6 bridgehead atoms. The van der Waals surface area contributed by atoms with Crippen molar-refractivity contribution in [2.75, 3.05) is 24.4 Å². The zero-order valence-electron chi connectivity index (χ0n) is 28.0. The van der Waals surface area contributed by atoms with Crippen molar-refractivity contribution in [2.45, 2.75) is 102 Å². The molecule has 1 spiro atoms. The maximum Gasteiger partial charge on any atom is 0.264 e. The van der Waals surface area contributed by atoms with Crippen molar-refractivity contribution >= 4 is 21.9 Å². The summed E-state index contributed by atoms with van der Waals surface area (Å²) in [7, 11) is -4.10. The summed E-state index contributed by atoms with van der Waals surface area (Å²) in [5.74, 6) is 0.464. The van der Waals surface area contributed by atoms with Crippen LogP contribution in [0.5, 0.6) is 5.88 Å². The molecule has 3 aromatic rings. The third-order valence-electron chi connectivity index (χ3n) is 10.9. The third-order valence-corrected chi connectivity index (χ3v) is 12.3. The van der Waals surface area contributed by atoms with E-state index in [1.807, 2.05) is 43.0 Å². The van der Waals surface area contributed by atoms with E-state index in [4.69, 9.17) is 9.72 Å². The van der Waals surface area contributed by atoms with Gasteiger partial charge in [-0.2, -0.15) is 4.98 Å². The quantitative estimate of drug-likeness (QED) is 0.337. The fraction of sp³-hybridized carbons (Fsp3) is 0.541. The van der Waals surface area contributed by atoms with Crippen LogP contribution < -0.4 is 9.46 Å². The predicted octanol–water partition coefficient (Wildman–Crippen LogP) is 6.61. The highest BCUT2D eigenvalue weighted by molar-refractivity contribution is 7.92. The van der Waals surface area contributed by atoms with E-state index in [0.717, 1.165) is 29.7 Å². The number of hydrogen-bond donors (Lipinski definition) is 1. The van der Waals surface area contributed by atoms with E-state index in [0.29, 0.717) is 47.6 Å². The van der Waals surface area contributed by atoms with Gasteiger partial charge in [0.1, 0.15) is 6.10 Å². The number of nitrogens with one attached hydrogen (secondary N) is 1. The molecule has 7 rings (SSSR count). The Bertz CT molecular complexity index is 1740. The molecule has 1 N–H and O–H groups in total. The number of fused-ring (bicyclic) bond motifs is 6. The highest BCUT2D eigenvalue weighted by Crippen LogP contribution is 2.54. The summed E-state index contributed by atoms with van der Waals surface area (Å²) in [6.45, 7) is 10.2. The van der Waals surface area contributed by atoms with E-state index >= 15 is 0 Å². The van der Waals surface area contributed by atoms with Crippen LogP contribution >= 0.6 is 0 Å². The number of sulfonamides is 1. The number of rotatable bonds is 4. The average Bonchev–Trinajstić information content (AvgIpc) is 3.18. The first-order valence-electron chi connectivity index (χ1n) is 17.3. The first kappa shape index (κ1) is 32.1. The van der Waals surface area contributed by atoms with Crippen molar-refractivity contribution in [2.24, 2.45) is 11.3 Å². The molecule has 0 radical (unpaired) electrons. The van der Waals surface area contributed by atoms with Gasteiger partial charge in [0.25, 0.3) is 15.9 Å². The largest absolute Gasteiger partial charge is 0.471 e. The molecular weight excluding hydrogens is 611 g/mol. The lowest BCUT2D eigenvalue weighted by Gasteiger charge is -2.56. The highest BCUT2D eigenvalue weighted by Gasteiger charge is 2.50. The summed E-state index contributed by atoms with van der Waals surface area (Å²) in [6.07, 6.45) is 9.63. The van der Waals surface area contributed by atoms with E-state index in [1.165, 1.54) is 57.1 Å². The zero-order chi connectivity index (χ0) is 32.9. The predicted molar refractivity (Wildman–Crippen MR) is 183 cm³/mol. The van der Waals surface area contributed by atoms with E-state index in [2.05, 4.69) is 28.5 Å². The molecule has 1 amide bonds. The van der Waals surface area contributed by atoms with Crippen LogP contribution in [-0.4, -0.2) is 71.9 Å². The summed E-state index contributed by atoms with van der Waals surface area (Å²) < 4.78 is 36.8. The van der Waals surface area contributed by atoms with E-state index in [1.54, 1.807) is 12.1 Å². The summed E-state index contributed by atoms with van der Waals surface area (Å²) in [5.41, 5.74) is 4.35. The molecule has 1 saturated heterocycles. The number of ether oxygens (including phenoxy) is 1. The van der Waals surface area contributed by atoms with Crippen LogP contribution in [0.1, 0.15) is 86.7 Å². The number of aromatic nitrogens is 2. The Morgan fingerprint density at radius 3 is 2.43 bits per heavy atom. The van der Waals surface area contributed by atoms with Crippen molar-refractivity contribution < 1.29 is 17.9 Å². The SMILES string of the molecule is Cc1cccc(C)c1-c1cc2nc(n1)NS(=O)(=O)c1cccc(c1)C(=O)N1CCN(C3CC4(CCCCC4)C3)[C@H](CC(C)C)[C@H](C1)O2. The van der Waals surface area contributed by atoms with Gasteiger partial charge in [-0.3, -0.25) is 9.69 Å². The summed E-state index contributed by atoms with van der Waals surface area (Å²) in [5, 5.41) is 0. The third kappa shape index (κ3) is 6.38. The molecule has 4 aliphatic rings. The summed E-state index contributed by atoms with van der Waals surface area (Å²) >= 11 is 0. The zero-order valence-corrected chi connectivity index (χ0v) is 28.9. The molecule has 10 heteroatoms. The first-order valence-corrected chi connectivity index (χ1v) is 18.8. The van der Waals surface area contributed by atoms with Gasteiger partial charge >= 0.3 is 0 Å². The lowest BCUT2D eigenvalue weighted by atomic mass is 9.58. The Balaban J connectivity index is 1.34. The topological polar surface area (TPSA) is 105 Å². The van der Waals surface area contributed by atoms with Gasteiger partial charge in [0.2, 0.25) is 11.8 Å². The molecule has 250 valence electrons. The second-order valence-electron chi connectivity index (χ2n) is 14.8. The number of aryl methyl sites for hydroxylation is 2. The minimum Gasteiger partial charge on any atom is -0.471 e. The molecule has 2 atom stereocenters. The fourth-order valence-electron chi connectivity index (χ4n) is 8.64. The van der Waals surface area contributed by atoms with Gasteiger partial charge in [-0.05, 0) is 86.6 Å². The molecule has 0 unspecified atom stereocenters. The molecule has 9 nitrogen and oxygen atoms in total. The Labute approximate surface area is 279 Å². The number of carbonyl (C=O) groups excluding carboxylic acids is 1. The average molecular weight is 658 g/mol. The molecule has 2 aliphatic carbocycles. The van der Waals surface area contributed by atoms with Crippen molar-refractivity contribution in [3.05, 3.63) is 65.2 Å². The Morgan fingerprint density at radius 2 is 1.70 bits per heavy atom. The number of carbonyl (C=O) groups is 1. The molecular formula is C37H47N5O4S. The van der Waals surface area contributed by atoms with E-state index < -0.39 is 10.0 Å². The van der Waals surface area contributed by atoms with E-state index in [-0.39, 0.29) is 28.9 Å². The van der Waals surface area contributed by atoms with Gasteiger partial charge in [-0.1, -0.05) is 57.4 Å². The Morgan fingerprint density at radius 1 is 0.979 bits per heavy atom. The lowest BCUT2D eigenvalue weighted by Crippen LogP contribution is -2.58. The number of anilines is 1. The van der Waals surface area contributed by atoms with Crippen molar-refractivity contribution in [1.82, 2.24) is 19.8 Å². The van der Waals surface area contributed by atoms with Crippen molar-refractivity contribution in [3.63, 3.8) is 0 Å². The van der Waals surface area contributed by atoms with Gasteiger partial charge in [0.15, 0.2) is 0 Å². The number of amides is 1. The van der Waals surface area contributed by atoms with Gasteiger partial charge < -0.3 is 9.64 Å². The first-order chi connectivity index (χ1) is 22.5. The lowest BCUT2D eigenvalue weighted by molar-refractivity contribution is -0.0610. The number of hydrogen-bond acceptors (Lipinski definition) is 7. The molecule has 2 aliphatic heterocycles. The smallest absolute Gasteiger partial charge is 0.264 e. The molecule has 3 fully saturated rings. The molecule has 1 aromatic heterocycles. The van der Waals surface area contributed by atoms with Gasteiger partial charge in [-0.15, -0.1) is 0 Å². The fourth-order valence-corrected chi connectivity index (χ4v) is 9.63. The normalized spacial score (nSPS) is 24.3. The minimum absolute atomic E-state index is 0.0101. The van der Waals surface area contributed by atoms with Gasteiger partial charge in [0.05, 0.1) is 17.1 Å². The van der Waals surface area contributed by atoms with Gasteiger partial charge in [-0.25, -0.2) is 18.1 Å². The number of nitrogens with zero attached hydrogens (tertiary/aromatic N) is 4.